The van der Waals surface area contributed by atoms with Gasteiger partial charge in [0.25, 0.3) is 0 Å². The molecule has 4 heteroatoms. The van der Waals surface area contributed by atoms with Crippen molar-refractivity contribution in [3.05, 3.63) is 83.6 Å². The molecule has 1 N–H and O–H groups in total. The number of nitrogens with zero attached hydrogens (tertiary/aromatic N) is 2. The van der Waals surface area contributed by atoms with Crippen molar-refractivity contribution in [1.29, 1.82) is 0 Å². The number of aromatic nitrogens is 1. The molecule has 27 heavy (non-hydrogen) atoms. The molecule has 1 amide bonds. The van der Waals surface area contributed by atoms with Crippen LogP contribution in [-0.4, -0.2) is 17.4 Å². The first-order valence-electron chi connectivity index (χ1n) is 9.36. The molecule has 0 bridgehead atoms. The maximum Gasteiger partial charge on any atom is 0.228 e. The topological polar surface area (TPSA) is 45.2 Å². The number of anilines is 3. The Bertz CT molecular complexity index is 950. The lowest BCUT2D eigenvalue weighted by molar-refractivity contribution is -0.115. The minimum Gasteiger partial charge on any atom is -0.326 e. The molecule has 1 aromatic heterocycles. The number of carbonyl (C=O) groups is 1. The first-order chi connectivity index (χ1) is 13.2. The van der Waals surface area contributed by atoms with Crippen LogP contribution in [0, 0.1) is 6.92 Å². The summed E-state index contributed by atoms with van der Waals surface area (Å²) in [5, 5.41) is 2.94. The molecule has 0 aliphatic carbocycles. The normalized spacial score (nSPS) is 13.1. The molecule has 0 fully saturated rings. The molecule has 0 spiro atoms. The van der Waals surface area contributed by atoms with E-state index in [-0.39, 0.29) is 5.91 Å². The Kier molecular flexibility index (Phi) is 4.88. The van der Waals surface area contributed by atoms with Crippen LogP contribution in [0.15, 0.2) is 66.9 Å². The summed E-state index contributed by atoms with van der Waals surface area (Å²) in [5.41, 5.74) is 5.49. The van der Waals surface area contributed by atoms with Crippen LogP contribution < -0.4 is 10.2 Å². The lowest BCUT2D eigenvalue weighted by Gasteiger charge is -2.30. The van der Waals surface area contributed by atoms with Gasteiger partial charge in [-0.15, -0.1) is 0 Å². The second-order valence-corrected chi connectivity index (χ2v) is 7.00. The molecule has 0 radical (unpaired) electrons. The van der Waals surface area contributed by atoms with Crippen molar-refractivity contribution in [1.82, 2.24) is 4.98 Å². The minimum atomic E-state index is -0.0292. The van der Waals surface area contributed by atoms with Gasteiger partial charge >= 0.3 is 0 Å². The Balaban J connectivity index is 1.44. The molecule has 4 rings (SSSR count). The van der Waals surface area contributed by atoms with E-state index in [4.69, 9.17) is 0 Å². The van der Waals surface area contributed by atoms with E-state index in [9.17, 15) is 4.79 Å². The molecule has 0 saturated heterocycles. The third-order valence-electron chi connectivity index (χ3n) is 4.87. The van der Waals surface area contributed by atoms with E-state index < -0.39 is 0 Å². The molecule has 136 valence electrons. The Labute approximate surface area is 159 Å². The van der Waals surface area contributed by atoms with Gasteiger partial charge in [0, 0.05) is 12.2 Å². The molecular formula is C23H23N3O. The van der Waals surface area contributed by atoms with Gasteiger partial charge in [-0.05, 0) is 49.1 Å². The quantitative estimate of drug-likeness (QED) is 0.739. The summed E-state index contributed by atoms with van der Waals surface area (Å²) >= 11 is 0. The molecule has 0 unspecified atom stereocenters. The predicted octanol–water partition coefficient (Wildman–Crippen LogP) is 4.66. The summed E-state index contributed by atoms with van der Waals surface area (Å²) in [6.45, 7) is 2.99. The average Bonchev–Trinajstić information content (AvgIpc) is 2.68. The number of carbonyl (C=O) groups excluding carboxylic acids is 1. The van der Waals surface area contributed by atoms with Crippen molar-refractivity contribution in [2.24, 2.45) is 0 Å². The number of nitrogens with one attached hydrogen (secondary N) is 1. The first-order valence-corrected chi connectivity index (χ1v) is 9.36. The van der Waals surface area contributed by atoms with Crippen molar-refractivity contribution in [2.45, 2.75) is 26.2 Å². The van der Waals surface area contributed by atoms with E-state index in [1.54, 1.807) is 6.20 Å². The number of pyridine rings is 1. The maximum atomic E-state index is 12.3. The molecule has 4 nitrogen and oxygen atoms in total. The van der Waals surface area contributed by atoms with Crippen molar-refractivity contribution in [2.75, 3.05) is 16.8 Å². The maximum absolute atomic E-state index is 12.3. The fourth-order valence-electron chi connectivity index (χ4n) is 3.60. The highest BCUT2D eigenvalue weighted by Gasteiger charge is 2.18. The minimum absolute atomic E-state index is 0.0292. The number of para-hydroxylation sites is 1. The molecule has 1 aliphatic heterocycles. The molecule has 0 saturated carbocycles. The van der Waals surface area contributed by atoms with Gasteiger partial charge in [0.1, 0.15) is 5.82 Å². The van der Waals surface area contributed by atoms with E-state index in [1.807, 2.05) is 43.3 Å². The summed E-state index contributed by atoms with van der Waals surface area (Å²) in [4.78, 5) is 19.1. The summed E-state index contributed by atoms with van der Waals surface area (Å²) in [6.07, 6.45) is 4.33. The van der Waals surface area contributed by atoms with Crippen molar-refractivity contribution in [3.63, 3.8) is 0 Å². The molecule has 2 aromatic carbocycles. The predicted molar refractivity (Wildman–Crippen MR) is 110 cm³/mol. The van der Waals surface area contributed by atoms with Crippen LogP contribution in [0.4, 0.5) is 17.2 Å². The first kappa shape index (κ1) is 17.3. The Morgan fingerprint density at radius 3 is 2.81 bits per heavy atom. The third kappa shape index (κ3) is 4.00. The van der Waals surface area contributed by atoms with E-state index in [0.29, 0.717) is 6.42 Å². The number of fused-ring (bicyclic) bond motifs is 1. The van der Waals surface area contributed by atoms with Gasteiger partial charge in [-0.1, -0.05) is 48.0 Å². The fourth-order valence-corrected chi connectivity index (χ4v) is 3.60. The van der Waals surface area contributed by atoms with Gasteiger partial charge in [-0.25, -0.2) is 4.98 Å². The zero-order valence-electron chi connectivity index (χ0n) is 15.5. The van der Waals surface area contributed by atoms with Crippen molar-refractivity contribution in [3.8, 4) is 0 Å². The Morgan fingerprint density at radius 2 is 2.00 bits per heavy atom. The number of hydrogen-bond acceptors (Lipinski definition) is 3. The molecule has 2 heterocycles. The smallest absolute Gasteiger partial charge is 0.228 e. The van der Waals surface area contributed by atoms with Crippen molar-refractivity contribution >= 4 is 23.1 Å². The standard InChI is InChI=1S/C23H23N3O/c1-17-6-4-7-18(14-17)15-23(27)25-20-11-12-22(24-16-20)26-13-5-9-19-8-2-3-10-21(19)26/h2-4,6-8,10-12,14,16H,5,9,13,15H2,1H3,(H,25,27). The number of hydrogen-bond donors (Lipinski definition) is 1. The third-order valence-corrected chi connectivity index (χ3v) is 4.87. The second kappa shape index (κ2) is 7.62. The van der Waals surface area contributed by atoms with Gasteiger partial charge < -0.3 is 10.2 Å². The van der Waals surface area contributed by atoms with Gasteiger partial charge in [-0.2, -0.15) is 0 Å². The largest absolute Gasteiger partial charge is 0.326 e. The van der Waals surface area contributed by atoms with Gasteiger partial charge in [0.15, 0.2) is 0 Å². The second-order valence-electron chi connectivity index (χ2n) is 7.00. The lowest BCUT2D eigenvalue weighted by atomic mass is 10.0. The van der Waals surface area contributed by atoms with E-state index in [1.165, 1.54) is 11.3 Å². The van der Waals surface area contributed by atoms with E-state index >= 15 is 0 Å². The van der Waals surface area contributed by atoms with Crippen LogP contribution >= 0.6 is 0 Å². The van der Waals surface area contributed by atoms with E-state index in [0.717, 1.165) is 42.0 Å². The van der Waals surface area contributed by atoms with Crippen LogP contribution in [0.1, 0.15) is 23.1 Å². The van der Waals surface area contributed by atoms with Gasteiger partial charge in [0.05, 0.1) is 18.3 Å². The van der Waals surface area contributed by atoms with Crippen LogP contribution in [0.25, 0.3) is 0 Å². The molecule has 3 aromatic rings. The zero-order valence-corrected chi connectivity index (χ0v) is 15.5. The van der Waals surface area contributed by atoms with Crippen LogP contribution in [0.2, 0.25) is 0 Å². The number of benzene rings is 2. The van der Waals surface area contributed by atoms with Crippen LogP contribution in [-0.2, 0) is 17.6 Å². The van der Waals surface area contributed by atoms with E-state index in [2.05, 4.69) is 39.5 Å². The summed E-state index contributed by atoms with van der Waals surface area (Å²) < 4.78 is 0. The Hall–Kier alpha value is -3.14. The number of amides is 1. The zero-order chi connectivity index (χ0) is 18.6. The highest BCUT2D eigenvalue weighted by molar-refractivity contribution is 5.92. The van der Waals surface area contributed by atoms with Crippen molar-refractivity contribution < 1.29 is 4.79 Å². The van der Waals surface area contributed by atoms with Gasteiger partial charge in [0.2, 0.25) is 5.91 Å². The number of rotatable bonds is 4. The molecular weight excluding hydrogens is 334 g/mol. The monoisotopic (exact) mass is 357 g/mol. The fraction of sp³-hybridized carbons (Fsp3) is 0.217. The molecule has 0 atom stereocenters. The summed E-state index contributed by atoms with van der Waals surface area (Å²) in [5.74, 6) is 0.886. The van der Waals surface area contributed by atoms with Crippen LogP contribution in [0.3, 0.4) is 0 Å². The number of aryl methyl sites for hydroxylation is 2. The average molecular weight is 357 g/mol. The molecule has 1 aliphatic rings. The SMILES string of the molecule is Cc1cccc(CC(=O)Nc2ccc(N3CCCc4ccccc43)nc2)c1. The van der Waals surface area contributed by atoms with Gasteiger partial charge in [-0.3, -0.25) is 4.79 Å². The Morgan fingerprint density at radius 1 is 1.11 bits per heavy atom. The lowest BCUT2D eigenvalue weighted by Crippen LogP contribution is -2.25. The highest BCUT2D eigenvalue weighted by atomic mass is 16.1. The van der Waals surface area contributed by atoms with Crippen LogP contribution in [0.5, 0.6) is 0 Å². The highest BCUT2D eigenvalue weighted by Crippen LogP contribution is 2.32. The summed E-state index contributed by atoms with van der Waals surface area (Å²) in [6, 6.07) is 20.4. The summed E-state index contributed by atoms with van der Waals surface area (Å²) in [7, 11) is 0.